The van der Waals surface area contributed by atoms with Crippen LogP contribution in [0.15, 0.2) is 18.2 Å². The molecule has 1 saturated heterocycles. The van der Waals surface area contributed by atoms with Crippen molar-refractivity contribution in [1.29, 1.82) is 0 Å². The summed E-state index contributed by atoms with van der Waals surface area (Å²) < 4.78 is 13.7. The van der Waals surface area contributed by atoms with E-state index < -0.39 is 5.82 Å². The Hall–Kier alpha value is -1.86. The molecule has 8 heteroatoms. The molecule has 0 bridgehead atoms. The lowest BCUT2D eigenvalue weighted by Gasteiger charge is -2.34. The first kappa shape index (κ1) is 19.5. The minimum atomic E-state index is -0.436. The van der Waals surface area contributed by atoms with Gasteiger partial charge in [0.2, 0.25) is 5.91 Å². The summed E-state index contributed by atoms with van der Waals surface area (Å²) in [5, 5.41) is 5.89. The number of benzene rings is 1. The summed E-state index contributed by atoms with van der Waals surface area (Å²) in [7, 11) is 0. The van der Waals surface area contributed by atoms with E-state index in [1.807, 2.05) is 18.7 Å². The van der Waals surface area contributed by atoms with Gasteiger partial charge in [-0.3, -0.25) is 9.69 Å². The van der Waals surface area contributed by atoms with Gasteiger partial charge in [-0.05, 0) is 26.0 Å². The van der Waals surface area contributed by atoms with Crippen LogP contribution in [-0.4, -0.2) is 60.5 Å². The van der Waals surface area contributed by atoms with Crippen LogP contribution in [0.1, 0.15) is 19.4 Å². The lowest BCUT2D eigenvalue weighted by molar-refractivity contribution is -0.123. The highest BCUT2D eigenvalue weighted by Crippen LogP contribution is 2.14. The van der Waals surface area contributed by atoms with Crippen molar-refractivity contribution < 1.29 is 14.0 Å². The Bertz CT molecular complexity index is 619. The van der Waals surface area contributed by atoms with Crippen molar-refractivity contribution in [3.05, 3.63) is 34.6 Å². The van der Waals surface area contributed by atoms with Gasteiger partial charge in [-0.2, -0.15) is 0 Å². The highest BCUT2D eigenvalue weighted by molar-refractivity contribution is 6.30. The number of carbonyl (C=O) groups is 2. The zero-order valence-corrected chi connectivity index (χ0v) is 15.3. The normalized spacial score (nSPS) is 15.3. The van der Waals surface area contributed by atoms with Gasteiger partial charge < -0.3 is 15.5 Å². The second kappa shape index (κ2) is 9.01. The maximum Gasteiger partial charge on any atom is 0.317 e. The fraction of sp³-hybridized carbons (Fsp3) is 0.529. The van der Waals surface area contributed by atoms with Crippen LogP contribution in [-0.2, 0) is 11.3 Å². The van der Waals surface area contributed by atoms with Gasteiger partial charge in [-0.15, -0.1) is 0 Å². The molecule has 2 N–H and O–H groups in total. The molecule has 0 unspecified atom stereocenters. The van der Waals surface area contributed by atoms with E-state index in [0.29, 0.717) is 43.3 Å². The summed E-state index contributed by atoms with van der Waals surface area (Å²) in [6.45, 7) is 6.62. The van der Waals surface area contributed by atoms with Gasteiger partial charge in [0.05, 0.1) is 6.54 Å². The fourth-order valence-corrected chi connectivity index (χ4v) is 2.79. The topological polar surface area (TPSA) is 64.7 Å². The van der Waals surface area contributed by atoms with E-state index in [-0.39, 0.29) is 24.5 Å². The van der Waals surface area contributed by atoms with Crippen LogP contribution in [0.2, 0.25) is 5.02 Å². The molecule has 1 fully saturated rings. The number of rotatable bonds is 5. The minimum absolute atomic E-state index is 0.00823. The summed E-state index contributed by atoms with van der Waals surface area (Å²) in [6, 6.07) is 4.26. The number of carbonyl (C=O) groups excluding carboxylic acids is 2. The third-order valence-corrected chi connectivity index (χ3v) is 4.16. The molecule has 0 atom stereocenters. The molecule has 1 aromatic carbocycles. The van der Waals surface area contributed by atoms with Crippen molar-refractivity contribution >= 4 is 23.5 Å². The zero-order valence-electron chi connectivity index (χ0n) is 14.5. The molecule has 3 amide bonds. The molecule has 6 nitrogen and oxygen atoms in total. The van der Waals surface area contributed by atoms with Crippen LogP contribution >= 0.6 is 11.6 Å². The molecule has 0 aromatic heterocycles. The van der Waals surface area contributed by atoms with Crippen LogP contribution in [0.25, 0.3) is 0 Å². The Balaban J connectivity index is 1.74. The number of hydrogen-bond acceptors (Lipinski definition) is 3. The second-order valence-corrected chi connectivity index (χ2v) is 6.82. The molecule has 1 aliphatic heterocycles. The third kappa shape index (κ3) is 6.17. The Morgan fingerprint density at radius 1 is 1.24 bits per heavy atom. The van der Waals surface area contributed by atoms with E-state index in [1.165, 1.54) is 6.07 Å². The van der Waals surface area contributed by atoms with Crippen molar-refractivity contribution in [2.24, 2.45) is 0 Å². The standard InChI is InChI=1S/C17H24ClFN4O2/c1-12(2)21-16(24)11-22-5-7-23(8-6-22)17(25)20-10-13-3-4-14(18)9-15(13)19/h3-4,9,12H,5-8,10-11H2,1-2H3,(H,20,25)(H,21,24). The SMILES string of the molecule is CC(C)NC(=O)CN1CCN(C(=O)NCc2ccc(Cl)cc2F)CC1. The first-order valence-electron chi connectivity index (χ1n) is 8.33. The smallest absolute Gasteiger partial charge is 0.317 e. The van der Waals surface area contributed by atoms with E-state index in [4.69, 9.17) is 11.6 Å². The number of nitrogens with zero attached hydrogens (tertiary/aromatic N) is 2. The third-order valence-electron chi connectivity index (χ3n) is 3.92. The molecular weight excluding hydrogens is 347 g/mol. The van der Waals surface area contributed by atoms with Crippen molar-refractivity contribution in [3.63, 3.8) is 0 Å². The van der Waals surface area contributed by atoms with Crippen molar-refractivity contribution in [2.45, 2.75) is 26.4 Å². The van der Waals surface area contributed by atoms with Crippen LogP contribution in [0, 0.1) is 5.82 Å². The maximum absolute atomic E-state index is 13.7. The monoisotopic (exact) mass is 370 g/mol. The Morgan fingerprint density at radius 2 is 1.92 bits per heavy atom. The summed E-state index contributed by atoms with van der Waals surface area (Å²) >= 11 is 5.71. The summed E-state index contributed by atoms with van der Waals surface area (Å²) in [4.78, 5) is 27.6. The molecule has 1 heterocycles. The van der Waals surface area contributed by atoms with Crippen LogP contribution in [0.3, 0.4) is 0 Å². The number of amides is 3. The molecule has 0 saturated carbocycles. The van der Waals surface area contributed by atoms with Gasteiger partial charge in [0, 0.05) is 49.4 Å². The van der Waals surface area contributed by atoms with E-state index in [0.717, 1.165) is 0 Å². The van der Waals surface area contributed by atoms with E-state index in [2.05, 4.69) is 10.6 Å². The van der Waals surface area contributed by atoms with Crippen LogP contribution < -0.4 is 10.6 Å². The first-order chi connectivity index (χ1) is 11.8. The second-order valence-electron chi connectivity index (χ2n) is 6.38. The minimum Gasteiger partial charge on any atom is -0.353 e. The molecule has 0 spiro atoms. The molecule has 25 heavy (non-hydrogen) atoms. The largest absolute Gasteiger partial charge is 0.353 e. The maximum atomic E-state index is 13.7. The number of halogens is 2. The Labute approximate surface area is 152 Å². The predicted octanol–water partition coefficient (Wildman–Crippen LogP) is 1.83. The first-order valence-corrected chi connectivity index (χ1v) is 8.71. The molecule has 0 radical (unpaired) electrons. The molecule has 138 valence electrons. The average molecular weight is 371 g/mol. The molecule has 0 aliphatic carbocycles. The van der Waals surface area contributed by atoms with E-state index in [9.17, 15) is 14.0 Å². The summed E-state index contributed by atoms with van der Waals surface area (Å²) in [5.74, 6) is -0.445. The van der Waals surface area contributed by atoms with Gasteiger partial charge in [0.15, 0.2) is 0 Å². The van der Waals surface area contributed by atoms with Crippen molar-refractivity contribution in [1.82, 2.24) is 20.4 Å². The van der Waals surface area contributed by atoms with Gasteiger partial charge in [0.25, 0.3) is 0 Å². The molecule has 2 rings (SSSR count). The Kier molecular flexibility index (Phi) is 7.01. The van der Waals surface area contributed by atoms with E-state index >= 15 is 0 Å². The van der Waals surface area contributed by atoms with Gasteiger partial charge in [-0.25, -0.2) is 9.18 Å². The van der Waals surface area contributed by atoms with Crippen molar-refractivity contribution in [2.75, 3.05) is 32.7 Å². The highest BCUT2D eigenvalue weighted by atomic mass is 35.5. The van der Waals surface area contributed by atoms with E-state index in [1.54, 1.807) is 17.0 Å². The summed E-state index contributed by atoms with van der Waals surface area (Å²) in [6.07, 6.45) is 0. The van der Waals surface area contributed by atoms with Gasteiger partial charge >= 0.3 is 6.03 Å². The summed E-state index contributed by atoms with van der Waals surface area (Å²) in [5.41, 5.74) is 0.391. The average Bonchev–Trinajstić information content (AvgIpc) is 2.53. The lowest BCUT2D eigenvalue weighted by Crippen LogP contribution is -2.53. The fourth-order valence-electron chi connectivity index (χ4n) is 2.63. The number of urea groups is 1. The van der Waals surface area contributed by atoms with Crippen LogP contribution in [0.5, 0.6) is 0 Å². The quantitative estimate of drug-likeness (QED) is 0.831. The van der Waals surface area contributed by atoms with Crippen LogP contribution in [0.4, 0.5) is 9.18 Å². The highest BCUT2D eigenvalue weighted by Gasteiger charge is 2.22. The zero-order chi connectivity index (χ0) is 18.4. The Morgan fingerprint density at radius 3 is 2.52 bits per heavy atom. The number of hydrogen-bond donors (Lipinski definition) is 2. The number of piperazine rings is 1. The van der Waals surface area contributed by atoms with Crippen molar-refractivity contribution in [3.8, 4) is 0 Å². The number of nitrogens with one attached hydrogen (secondary N) is 2. The predicted molar refractivity (Wildman–Crippen MR) is 94.9 cm³/mol. The lowest BCUT2D eigenvalue weighted by atomic mass is 10.2. The molecule has 1 aliphatic rings. The van der Waals surface area contributed by atoms with Gasteiger partial charge in [-0.1, -0.05) is 17.7 Å². The molecular formula is C17H24ClFN4O2. The van der Waals surface area contributed by atoms with Gasteiger partial charge in [0.1, 0.15) is 5.82 Å². The molecule has 1 aromatic rings.